The van der Waals surface area contributed by atoms with Crippen molar-refractivity contribution in [3.8, 4) is 5.75 Å². The van der Waals surface area contributed by atoms with Crippen molar-refractivity contribution in [2.24, 2.45) is 0 Å². The van der Waals surface area contributed by atoms with Gasteiger partial charge in [-0.05, 0) is 13.0 Å². The number of hydrogen-bond acceptors (Lipinski definition) is 4. The van der Waals surface area contributed by atoms with Crippen molar-refractivity contribution in [2.45, 2.75) is 20.8 Å². The average molecular weight is 310 g/mol. The van der Waals surface area contributed by atoms with Gasteiger partial charge in [-0.3, -0.25) is 9.59 Å². The van der Waals surface area contributed by atoms with Crippen LogP contribution in [-0.2, 0) is 14.3 Å². The van der Waals surface area contributed by atoms with Crippen molar-refractivity contribution in [2.75, 3.05) is 0 Å². The minimum absolute atomic E-state index is 0.404. The van der Waals surface area contributed by atoms with E-state index in [2.05, 4.69) is 0 Å². The van der Waals surface area contributed by atoms with E-state index in [1.165, 1.54) is 13.8 Å². The molecule has 0 saturated carbocycles. The van der Waals surface area contributed by atoms with Gasteiger partial charge < -0.3 is 9.47 Å². The molecule has 23 heavy (non-hydrogen) atoms. The lowest BCUT2D eigenvalue weighted by Crippen LogP contribution is -2.05. The fourth-order valence-electron chi connectivity index (χ4n) is 2.23. The Morgan fingerprint density at radius 2 is 1.39 bits per heavy atom. The van der Waals surface area contributed by atoms with Gasteiger partial charge in [-0.2, -0.15) is 0 Å². The molecule has 0 aromatic heterocycles. The molecule has 0 unspecified atom stereocenters. The van der Waals surface area contributed by atoms with Crippen molar-refractivity contribution >= 4 is 23.3 Å². The summed E-state index contributed by atoms with van der Waals surface area (Å²) in [4.78, 5) is 22.8. The Kier molecular flexibility index (Phi) is 5.31. The van der Waals surface area contributed by atoms with Crippen LogP contribution in [0.25, 0.3) is 11.3 Å². The first-order valence-corrected chi connectivity index (χ1v) is 7.21. The van der Waals surface area contributed by atoms with Crippen LogP contribution < -0.4 is 4.74 Å². The van der Waals surface area contributed by atoms with E-state index in [4.69, 9.17) is 9.47 Å². The standard InChI is InChI=1S/C19H18O4/c1-13(17-11-7-8-12-18(17)22-14(2)20)19(23-15(3)21)16-9-5-4-6-10-16/h4-12H,1-3H3. The Balaban J connectivity index is 2.59. The first-order chi connectivity index (χ1) is 11.0. The van der Waals surface area contributed by atoms with Gasteiger partial charge in [0.1, 0.15) is 11.5 Å². The van der Waals surface area contributed by atoms with E-state index in [1.807, 2.05) is 49.4 Å². The van der Waals surface area contributed by atoms with Gasteiger partial charge in [0.05, 0.1) is 0 Å². The van der Waals surface area contributed by atoms with Crippen LogP contribution in [0.3, 0.4) is 0 Å². The molecule has 0 bridgehead atoms. The second-order valence-electron chi connectivity index (χ2n) is 5.00. The molecule has 0 atom stereocenters. The van der Waals surface area contributed by atoms with Crippen LogP contribution in [0.1, 0.15) is 31.9 Å². The number of benzene rings is 2. The normalized spacial score (nSPS) is 11.4. The molecule has 0 radical (unpaired) electrons. The number of ether oxygens (including phenoxy) is 2. The molecule has 0 N–H and O–H groups in total. The monoisotopic (exact) mass is 310 g/mol. The molecule has 0 aliphatic rings. The Labute approximate surface area is 135 Å². The molecular formula is C19H18O4. The molecule has 0 saturated heterocycles. The first-order valence-electron chi connectivity index (χ1n) is 7.21. The van der Waals surface area contributed by atoms with Gasteiger partial charge >= 0.3 is 11.9 Å². The predicted octanol–water partition coefficient (Wildman–Crippen LogP) is 4.06. The van der Waals surface area contributed by atoms with Gasteiger partial charge in [0.2, 0.25) is 0 Å². The van der Waals surface area contributed by atoms with E-state index in [0.717, 1.165) is 5.56 Å². The van der Waals surface area contributed by atoms with E-state index in [1.54, 1.807) is 12.1 Å². The lowest BCUT2D eigenvalue weighted by molar-refractivity contribution is -0.134. The summed E-state index contributed by atoms with van der Waals surface area (Å²) in [6.45, 7) is 4.53. The molecule has 2 aromatic carbocycles. The molecule has 2 rings (SSSR count). The number of allylic oxidation sites excluding steroid dienone is 1. The molecular weight excluding hydrogens is 292 g/mol. The van der Waals surface area contributed by atoms with E-state index in [9.17, 15) is 9.59 Å². The lowest BCUT2D eigenvalue weighted by atomic mass is 10.0. The molecule has 0 spiro atoms. The second kappa shape index (κ2) is 7.40. The highest BCUT2D eigenvalue weighted by atomic mass is 16.5. The Morgan fingerprint density at radius 1 is 0.783 bits per heavy atom. The van der Waals surface area contributed by atoms with Crippen molar-refractivity contribution in [3.63, 3.8) is 0 Å². The molecule has 0 amide bonds. The van der Waals surface area contributed by atoms with E-state index in [0.29, 0.717) is 22.6 Å². The first kappa shape index (κ1) is 16.5. The average Bonchev–Trinajstić information content (AvgIpc) is 2.52. The zero-order valence-corrected chi connectivity index (χ0v) is 13.3. The zero-order chi connectivity index (χ0) is 16.8. The van der Waals surface area contributed by atoms with Crippen LogP contribution in [0.2, 0.25) is 0 Å². The summed E-state index contributed by atoms with van der Waals surface area (Å²) in [5.41, 5.74) is 2.18. The summed E-state index contributed by atoms with van der Waals surface area (Å²) in [7, 11) is 0. The highest BCUT2D eigenvalue weighted by Crippen LogP contribution is 2.32. The number of carbonyl (C=O) groups is 2. The largest absolute Gasteiger partial charge is 0.426 e. The molecule has 0 aliphatic heterocycles. The minimum atomic E-state index is -0.409. The maximum atomic E-state index is 11.5. The van der Waals surface area contributed by atoms with E-state index in [-0.39, 0.29) is 0 Å². The number of esters is 2. The van der Waals surface area contributed by atoms with Crippen LogP contribution in [-0.4, -0.2) is 11.9 Å². The molecule has 2 aromatic rings. The summed E-state index contributed by atoms with van der Waals surface area (Å²) in [5.74, 6) is 0.0583. The molecule has 118 valence electrons. The minimum Gasteiger partial charge on any atom is -0.426 e. The lowest BCUT2D eigenvalue weighted by Gasteiger charge is -2.14. The smallest absolute Gasteiger partial charge is 0.308 e. The van der Waals surface area contributed by atoms with Crippen LogP contribution in [0.5, 0.6) is 5.75 Å². The molecule has 0 fully saturated rings. The predicted molar refractivity (Wildman–Crippen MR) is 88.4 cm³/mol. The van der Waals surface area contributed by atoms with E-state index >= 15 is 0 Å². The third-order valence-electron chi connectivity index (χ3n) is 3.17. The quantitative estimate of drug-likeness (QED) is 0.370. The van der Waals surface area contributed by atoms with Crippen molar-refractivity contribution in [1.29, 1.82) is 0 Å². The van der Waals surface area contributed by atoms with Gasteiger partial charge in [0, 0.05) is 30.5 Å². The van der Waals surface area contributed by atoms with Crippen LogP contribution in [0.4, 0.5) is 0 Å². The number of carbonyl (C=O) groups excluding carboxylic acids is 2. The van der Waals surface area contributed by atoms with Gasteiger partial charge in [-0.25, -0.2) is 0 Å². The summed E-state index contributed by atoms with van der Waals surface area (Å²) in [5, 5.41) is 0. The van der Waals surface area contributed by atoms with Gasteiger partial charge in [0.25, 0.3) is 0 Å². The van der Waals surface area contributed by atoms with Crippen molar-refractivity contribution in [1.82, 2.24) is 0 Å². The topological polar surface area (TPSA) is 52.6 Å². The number of hydrogen-bond donors (Lipinski definition) is 0. The summed E-state index contributed by atoms with van der Waals surface area (Å²) < 4.78 is 10.7. The highest BCUT2D eigenvalue weighted by molar-refractivity contribution is 5.92. The highest BCUT2D eigenvalue weighted by Gasteiger charge is 2.15. The van der Waals surface area contributed by atoms with Crippen molar-refractivity contribution in [3.05, 3.63) is 65.7 Å². The fraction of sp³-hybridized carbons (Fsp3) is 0.158. The molecule has 4 nitrogen and oxygen atoms in total. The third kappa shape index (κ3) is 4.30. The van der Waals surface area contributed by atoms with E-state index < -0.39 is 11.9 Å². The van der Waals surface area contributed by atoms with Gasteiger partial charge in [-0.1, -0.05) is 48.5 Å². The number of para-hydroxylation sites is 1. The summed E-state index contributed by atoms with van der Waals surface area (Å²) in [6, 6.07) is 16.5. The molecule has 0 heterocycles. The number of rotatable bonds is 4. The van der Waals surface area contributed by atoms with Crippen LogP contribution in [0.15, 0.2) is 54.6 Å². The zero-order valence-electron chi connectivity index (χ0n) is 13.3. The van der Waals surface area contributed by atoms with Crippen LogP contribution >= 0.6 is 0 Å². The summed E-state index contributed by atoms with van der Waals surface area (Å²) >= 11 is 0. The van der Waals surface area contributed by atoms with Gasteiger partial charge in [0.15, 0.2) is 0 Å². The maximum absolute atomic E-state index is 11.5. The Morgan fingerprint density at radius 3 is 2.00 bits per heavy atom. The fourth-order valence-corrected chi connectivity index (χ4v) is 2.23. The molecule has 0 aliphatic carbocycles. The van der Waals surface area contributed by atoms with Crippen LogP contribution in [0, 0.1) is 0 Å². The van der Waals surface area contributed by atoms with Gasteiger partial charge in [-0.15, -0.1) is 0 Å². The maximum Gasteiger partial charge on any atom is 0.308 e. The third-order valence-corrected chi connectivity index (χ3v) is 3.17. The molecule has 4 heteroatoms. The SMILES string of the molecule is CC(=O)OC(=C(C)c1ccccc1OC(C)=O)c1ccccc1. The Bertz CT molecular complexity index is 745. The second-order valence-corrected chi connectivity index (χ2v) is 5.00. The van der Waals surface area contributed by atoms with Crippen molar-refractivity contribution < 1.29 is 19.1 Å². The Hall–Kier alpha value is -2.88. The summed E-state index contributed by atoms with van der Waals surface area (Å²) in [6.07, 6.45) is 0.